The molecular formula is C31H49N5O6S. The number of hydrogen-bond donors (Lipinski definition) is 4. The van der Waals surface area contributed by atoms with E-state index in [4.69, 9.17) is 10.5 Å². The zero-order valence-corrected chi connectivity index (χ0v) is 26.9. The molecule has 0 spiro atoms. The summed E-state index contributed by atoms with van der Waals surface area (Å²) < 4.78 is 34.8. The van der Waals surface area contributed by atoms with Crippen molar-refractivity contribution in [3.05, 3.63) is 60.2 Å². The van der Waals surface area contributed by atoms with Gasteiger partial charge in [0.25, 0.3) is 0 Å². The van der Waals surface area contributed by atoms with Crippen molar-refractivity contribution in [2.75, 3.05) is 33.8 Å². The second-order valence-electron chi connectivity index (χ2n) is 11.3. The number of aliphatic hydroxyl groups is 1. The third-order valence-electron chi connectivity index (χ3n) is 7.17. The number of carbonyl (C=O) groups excluding carboxylic acids is 2. The molecule has 12 heteroatoms. The molecule has 0 aromatic heterocycles. The van der Waals surface area contributed by atoms with Gasteiger partial charge in [-0.15, -0.1) is 0 Å². The van der Waals surface area contributed by atoms with Crippen LogP contribution in [-0.2, 0) is 26.0 Å². The van der Waals surface area contributed by atoms with Gasteiger partial charge in [-0.25, -0.2) is 13.4 Å². The number of carbonyl (C=O) groups is 2. The monoisotopic (exact) mass is 619 g/mol. The predicted molar refractivity (Wildman–Crippen MR) is 167 cm³/mol. The summed E-state index contributed by atoms with van der Waals surface area (Å²) in [7, 11) is -0.900. The maximum Gasteiger partial charge on any atom is 0.245 e. The lowest BCUT2D eigenvalue weighted by Gasteiger charge is -2.41. The van der Waals surface area contributed by atoms with E-state index in [9.17, 15) is 23.1 Å². The highest BCUT2D eigenvalue weighted by molar-refractivity contribution is 7.89. The van der Waals surface area contributed by atoms with Crippen molar-refractivity contribution in [1.82, 2.24) is 20.1 Å². The van der Waals surface area contributed by atoms with Crippen molar-refractivity contribution in [1.29, 1.82) is 0 Å². The van der Waals surface area contributed by atoms with Crippen LogP contribution in [-0.4, -0.2) is 80.2 Å². The molecular weight excluding hydrogens is 570 g/mol. The number of benzene rings is 2. The van der Waals surface area contributed by atoms with E-state index in [0.29, 0.717) is 25.1 Å². The van der Waals surface area contributed by atoms with Crippen LogP contribution in [0.5, 0.6) is 5.75 Å². The lowest BCUT2D eigenvalue weighted by molar-refractivity contribution is -0.129. The number of amides is 2. The third-order valence-corrected chi connectivity index (χ3v) is 9.11. The van der Waals surface area contributed by atoms with E-state index in [1.54, 1.807) is 24.2 Å². The van der Waals surface area contributed by atoms with Crippen LogP contribution in [0.2, 0.25) is 0 Å². The minimum atomic E-state index is -4.16. The molecule has 0 aliphatic carbocycles. The summed E-state index contributed by atoms with van der Waals surface area (Å²) >= 11 is 0. The van der Waals surface area contributed by atoms with Gasteiger partial charge in [-0.2, -0.15) is 4.31 Å². The summed E-state index contributed by atoms with van der Waals surface area (Å²) in [5, 5.41) is 17.1. The Hall–Kier alpha value is -3.03. The highest BCUT2D eigenvalue weighted by Crippen LogP contribution is 2.31. The number of rotatable bonds is 20. The Morgan fingerprint density at radius 3 is 2.26 bits per heavy atom. The highest BCUT2D eigenvalue weighted by Gasteiger charge is 2.43. The lowest BCUT2D eigenvalue weighted by atomic mass is 9.98. The summed E-state index contributed by atoms with van der Waals surface area (Å²) in [4.78, 5) is 24.1. The van der Waals surface area contributed by atoms with Gasteiger partial charge in [0.1, 0.15) is 11.5 Å². The van der Waals surface area contributed by atoms with Crippen LogP contribution >= 0.6 is 0 Å². The van der Waals surface area contributed by atoms with Gasteiger partial charge in [0.15, 0.2) is 0 Å². The Bertz CT molecular complexity index is 1240. The Kier molecular flexibility index (Phi) is 14.6. The topological polar surface area (TPSA) is 154 Å². The van der Waals surface area contributed by atoms with Crippen molar-refractivity contribution in [3.8, 4) is 5.75 Å². The molecule has 2 unspecified atom stereocenters. The van der Waals surface area contributed by atoms with Crippen LogP contribution in [0.15, 0.2) is 59.5 Å². The largest absolute Gasteiger partial charge is 0.497 e. The van der Waals surface area contributed by atoms with Gasteiger partial charge in [0.05, 0.1) is 12.0 Å². The zero-order chi connectivity index (χ0) is 32.0. The molecule has 2 aromatic carbocycles. The first-order valence-electron chi connectivity index (χ1n) is 14.7. The SMILES string of the molecule is CNCCC(=O)NN(CCC(O)(Cc1ccccc1)N(CC(C)C)S(=O)(=O)c1ccc(OC)cc1)C(C)CCCC(N)=O. The van der Waals surface area contributed by atoms with Crippen LogP contribution in [0.3, 0.4) is 0 Å². The van der Waals surface area contributed by atoms with E-state index < -0.39 is 21.7 Å². The summed E-state index contributed by atoms with van der Waals surface area (Å²) in [6.07, 6.45) is 1.57. The number of sulfonamides is 1. The second-order valence-corrected chi connectivity index (χ2v) is 13.2. The molecule has 0 aliphatic rings. The van der Waals surface area contributed by atoms with Gasteiger partial charge in [0, 0.05) is 51.4 Å². The maximum absolute atomic E-state index is 14.2. The molecule has 2 rings (SSSR count). The highest BCUT2D eigenvalue weighted by atomic mass is 32.2. The maximum atomic E-state index is 14.2. The molecule has 2 aromatic rings. The number of nitrogens with zero attached hydrogens (tertiary/aromatic N) is 2. The molecule has 0 saturated carbocycles. The van der Waals surface area contributed by atoms with E-state index >= 15 is 0 Å². The fourth-order valence-electron chi connectivity index (χ4n) is 4.79. The first-order valence-corrected chi connectivity index (χ1v) is 16.2. The fourth-order valence-corrected chi connectivity index (χ4v) is 6.62. The Balaban J connectivity index is 2.50. The van der Waals surface area contributed by atoms with Gasteiger partial charge in [-0.3, -0.25) is 15.0 Å². The van der Waals surface area contributed by atoms with E-state index in [-0.39, 0.29) is 61.5 Å². The van der Waals surface area contributed by atoms with Crippen molar-refractivity contribution < 1.29 is 27.9 Å². The van der Waals surface area contributed by atoms with Crippen LogP contribution in [0, 0.1) is 5.92 Å². The quantitative estimate of drug-likeness (QED) is 0.130. The molecule has 0 fully saturated rings. The van der Waals surface area contributed by atoms with E-state index in [1.165, 1.54) is 23.5 Å². The molecule has 5 N–H and O–H groups in total. The molecule has 0 bridgehead atoms. The fraction of sp³-hybridized carbons (Fsp3) is 0.548. The third kappa shape index (κ3) is 11.5. The number of ether oxygens (including phenoxy) is 1. The van der Waals surface area contributed by atoms with E-state index in [2.05, 4.69) is 10.7 Å². The molecule has 2 atom stereocenters. The normalized spacial score (nSPS) is 14.1. The molecule has 0 saturated heterocycles. The average molecular weight is 620 g/mol. The number of hydrazine groups is 1. The zero-order valence-electron chi connectivity index (χ0n) is 26.1. The molecule has 43 heavy (non-hydrogen) atoms. The minimum Gasteiger partial charge on any atom is -0.497 e. The van der Waals surface area contributed by atoms with Crippen LogP contribution < -0.4 is 21.2 Å². The smallest absolute Gasteiger partial charge is 0.245 e. The lowest BCUT2D eigenvalue weighted by Crippen LogP contribution is -2.57. The van der Waals surface area contributed by atoms with Crippen LogP contribution in [0.25, 0.3) is 0 Å². The van der Waals surface area contributed by atoms with Gasteiger partial charge >= 0.3 is 0 Å². The number of nitrogens with one attached hydrogen (secondary N) is 2. The number of primary amides is 1. The number of methoxy groups -OCH3 is 1. The summed E-state index contributed by atoms with van der Waals surface area (Å²) in [6.45, 7) is 6.41. The second kappa shape index (κ2) is 17.3. The molecule has 0 aliphatic heterocycles. The minimum absolute atomic E-state index is 0.00351. The Morgan fingerprint density at radius 1 is 1.05 bits per heavy atom. The number of nitrogens with two attached hydrogens (primary N) is 1. The van der Waals surface area contributed by atoms with Gasteiger partial charge < -0.3 is 20.9 Å². The van der Waals surface area contributed by atoms with Crippen molar-refractivity contribution in [2.24, 2.45) is 11.7 Å². The van der Waals surface area contributed by atoms with Gasteiger partial charge in [-0.1, -0.05) is 44.2 Å². The molecule has 2 amide bonds. The Labute approximate surface area is 256 Å². The van der Waals surface area contributed by atoms with Crippen LogP contribution in [0.4, 0.5) is 0 Å². The molecule has 0 radical (unpaired) electrons. The van der Waals surface area contributed by atoms with E-state index in [0.717, 1.165) is 5.56 Å². The predicted octanol–water partition coefficient (Wildman–Crippen LogP) is 2.65. The first-order chi connectivity index (χ1) is 20.3. The van der Waals surface area contributed by atoms with Crippen molar-refractivity contribution in [3.63, 3.8) is 0 Å². The number of hydrogen-bond acceptors (Lipinski definition) is 8. The molecule has 11 nitrogen and oxygen atoms in total. The summed E-state index contributed by atoms with van der Waals surface area (Å²) in [6, 6.07) is 15.1. The van der Waals surface area contributed by atoms with E-state index in [1.807, 2.05) is 51.1 Å². The summed E-state index contributed by atoms with van der Waals surface area (Å²) in [5.41, 5.74) is 7.18. The average Bonchev–Trinajstić information content (AvgIpc) is 2.97. The van der Waals surface area contributed by atoms with Gasteiger partial charge in [0.2, 0.25) is 21.8 Å². The van der Waals surface area contributed by atoms with Crippen molar-refractivity contribution >= 4 is 21.8 Å². The Morgan fingerprint density at radius 2 is 1.70 bits per heavy atom. The molecule has 240 valence electrons. The van der Waals surface area contributed by atoms with Crippen LogP contribution in [0.1, 0.15) is 58.4 Å². The van der Waals surface area contributed by atoms with Crippen molar-refractivity contribution in [2.45, 2.75) is 76.0 Å². The first kappa shape index (κ1) is 36.2. The standard InChI is InChI=1S/C31H49N5O6S/c1-24(2)23-36(43(40,41)28-16-14-27(42-5)15-17-28)31(39,22-26-11-7-6-8-12-26)19-21-35(34-30(38)18-20-33-4)25(3)10-9-13-29(32)37/h6-8,11-12,14-17,24-25,33,39H,9-10,13,18-23H2,1-5H3,(H2,32,37)(H,34,38). The van der Waals surface area contributed by atoms with Gasteiger partial charge in [-0.05, 0) is 62.6 Å². The summed E-state index contributed by atoms with van der Waals surface area (Å²) in [5.74, 6) is -0.195. The molecule has 0 heterocycles.